The molecular weight excluding hydrogens is 378 g/mol. The number of non-ortho nitro benzene ring substituents is 1. The predicted octanol–water partition coefficient (Wildman–Crippen LogP) is 3.79. The molecule has 28 heavy (non-hydrogen) atoms. The van der Waals surface area contributed by atoms with Gasteiger partial charge >= 0.3 is 0 Å². The topological polar surface area (TPSA) is 101 Å². The van der Waals surface area contributed by atoms with Crippen LogP contribution in [0.15, 0.2) is 30.3 Å². The molecule has 7 nitrogen and oxygen atoms in total. The molecule has 0 fully saturated rings. The van der Waals surface area contributed by atoms with Gasteiger partial charge in [-0.05, 0) is 42.4 Å². The van der Waals surface area contributed by atoms with Crippen LogP contribution in [0.1, 0.15) is 39.7 Å². The summed E-state index contributed by atoms with van der Waals surface area (Å²) in [5.74, 6) is -0.0330. The summed E-state index contributed by atoms with van der Waals surface area (Å²) in [6.07, 6.45) is 5.58. The van der Waals surface area contributed by atoms with Crippen LogP contribution in [0.4, 0.5) is 10.7 Å². The lowest BCUT2D eigenvalue weighted by Gasteiger charge is -2.18. The highest BCUT2D eigenvalue weighted by molar-refractivity contribution is 7.17. The number of hydrogen-bond acceptors (Lipinski definition) is 5. The highest BCUT2D eigenvalue weighted by Crippen LogP contribution is 2.39. The molecule has 1 aliphatic rings. The third-order valence-electron chi connectivity index (χ3n) is 4.71. The minimum atomic E-state index is -0.482. The van der Waals surface area contributed by atoms with Crippen molar-refractivity contribution in [2.24, 2.45) is 5.92 Å². The first kappa shape index (κ1) is 19.8. The molecule has 0 radical (unpaired) electrons. The first-order valence-electron chi connectivity index (χ1n) is 8.99. The molecule has 0 saturated heterocycles. The van der Waals surface area contributed by atoms with Gasteiger partial charge in [0.05, 0.1) is 10.5 Å². The summed E-state index contributed by atoms with van der Waals surface area (Å²) in [6, 6.07) is 6.03. The highest BCUT2D eigenvalue weighted by atomic mass is 32.1. The van der Waals surface area contributed by atoms with Gasteiger partial charge in [0.25, 0.3) is 11.6 Å². The van der Waals surface area contributed by atoms with Gasteiger partial charge in [0.15, 0.2) is 0 Å². The van der Waals surface area contributed by atoms with E-state index in [-0.39, 0.29) is 17.5 Å². The number of fused-ring (bicyclic) bond motifs is 1. The second-order valence-corrected chi connectivity index (χ2v) is 7.91. The lowest BCUT2D eigenvalue weighted by atomic mass is 9.88. The Morgan fingerprint density at radius 2 is 2.14 bits per heavy atom. The zero-order valence-corrected chi connectivity index (χ0v) is 16.5. The van der Waals surface area contributed by atoms with Gasteiger partial charge < -0.3 is 10.6 Å². The first-order chi connectivity index (χ1) is 13.4. The normalized spacial score (nSPS) is 15.9. The van der Waals surface area contributed by atoms with Gasteiger partial charge in [-0.25, -0.2) is 0 Å². The summed E-state index contributed by atoms with van der Waals surface area (Å²) in [6.45, 7) is 2.18. The van der Waals surface area contributed by atoms with Crippen LogP contribution in [0.2, 0.25) is 0 Å². The zero-order valence-electron chi connectivity index (χ0n) is 15.7. The van der Waals surface area contributed by atoms with E-state index in [1.807, 2.05) is 0 Å². The molecule has 2 N–H and O–H groups in total. The van der Waals surface area contributed by atoms with Crippen LogP contribution in [-0.2, 0) is 17.6 Å². The molecule has 2 aromatic rings. The number of amides is 2. The Bertz CT molecular complexity index is 964. The minimum Gasteiger partial charge on any atom is -0.355 e. The van der Waals surface area contributed by atoms with Gasteiger partial charge in [-0.3, -0.25) is 19.7 Å². The number of anilines is 1. The van der Waals surface area contributed by atoms with Gasteiger partial charge in [0, 0.05) is 30.1 Å². The standard InChI is InChI=1S/C20H21N3O4S/c1-12-6-8-15-16(10-12)28-20(18(15)19(25)21-2)22-17(24)9-7-13-4-3-5-14(11-13)23(26)27/h3-5,7,9,11-12H,6,8,10H2,1-2H3,(H,21,25)(H,22,24)/b9-7+/t12-/m1/s1. The van der Waals surface area contributed by atoms with Gasteiger partial charge in [0.2, 0.25) is 5.91 Å². The molecule has 0 aliphatic heterocycles. The fourth-order valence-electron chi connectivity index (χ4n) is 3.27. The maximum Gasteiger partial charge on any atom is 0.270 e. The van der Waals surface area contributed by atoms with Crippen LogP contribution < -0.4 is 10.6 Å². The number of carbonyl (C=O) groups is 2. The van der Waals surface area contributed by atoms with Gasteiger partial charge in [-0.2, -0.15) is 0 Å². The Labute approximate surface area is 166 Å². The second-order valence-electron chi connectivity index (χ2n) is 6.81. The van der Waals surface area contributed by atoms with Crippen molar-refractivity contribution < 1.29 is 14.5 Å². The number of rotatable bonds is 5. The predicted molar refractivity (Wildman–Crippen MR) is 110 cm³/mol. The molecule has 8 heteroatoms. The third-order valence-corrected chi connectivity index (χ3v) is 5.88. The smallest absolute Gasteiger partial charge is 0.270 e. The van der Waals surface area contributed by atoms with Crippen molar-refractivity contribution in [2.75, 3.05) is 12.4 Å². The van der Waals surface area contributed by atoms with E-state index in [4.69, 9.17) is 0 Å². The first-order valence-corrected chi connectivity index (χ1v) is 9.80. The number of nitro groups is 1. The Morgan fingerprint density at radius 1 is 1.36 bits per heavy atom. The lowest BCUT2D eigenvalue weighted by Crippen LogP contribution is -2.22. The van der Waals surface area contributed by atoms with E-state index in [0.717, 1.165) is 29.7 Å². The van der Waals surface area contributed by atoms with Crippen molar-refractivity contribution in [2.45, 2.75) is 26.2 Å². The van der Waals surface area contributed by atoms with Crippen LogP contribution in [0.25, 0.3) is 6.08 Å². The lowest BCUT2D eigenvalue weighted by molar-refractivity contribution is -0.384. The van der Waals surface area contributed by atoms with Crippen molar-refractivity contribution in [3.8, 4) is 0 Å². The van der Waals surface area contributed by atoms with Gasteiger partial charge in [-0.15, -0.1) is 11.3 Å². The van der Waals surface area contributed by atoms with Crippen molar-refractivity contribution in [3.63, 3.8) is 0 Å². The summed E-state index contributed by atoms with van der Waals surface area (Å²) in [5, 5.41) is 16.9. The van der Waals surface area contributed by atoms with E-state index in [1.165, 1.54) is 35.6 Å². The van der Waals surface area contributed by atoms with E-state index in [9.17, 15) is 19.7 Å². The van der Waals surface area contributed by atoms with Crippen LogP contribution in [-0.4, -0.2) is 23.8 Å². The van der Waals surface area contributed by atoms with E-state index in [1.54, 1.807) is 19.2 Å². The van der Waals surface area contributed by atoms with Crippen molar-refractivity contribution in [3.05, 3.63) is 62.0 Å². The number of benzene rings is 1. The monoisotopic (exact) mass is 399 g/mol. The molecule has 1 aromatic carbocycles. The molecule has 1 aliphatic carbocycles. The number of carbonyl (C=O) groups excluding carboxylic acids is 2. The molecule has 0 unspecified atom stereocenters. The largest absolute Gasteiger partial charge is 0.355 e. The van der Waals surface area contributed by atoms with E-state index < -0.39 is 4.92 Å². The van der Waals surface area contributed by atoms with Crippen molar-refractivity contribution in [1.29, 1.82) is 0 Å². The molecule has 1 heterocycles. The fraction of sp³-hybridized carbons (Fsp3) is 0.300. The SMILES string of the molecule is CNC(=O)c1c(NC(=O)/C=C/c2cccc([N+](=O)[O-])c2)sc2c1CC[C@@H](C)C2. The Kier molecular flexibility index (Phi) is 5.89. The summed E-state index contributed by atoms with van der Waals surface area (Å²) in [5.41, 5.74) is 2.09. The second kappa shape index (κ2) is 8.35. The summed E-state index contributed by atoms with van der Waals surface area (Å²) in [4.78, 5) is 36.3. The molecule has 1 atom stereocenters. The Balaban J connectivity index is 1.81. The minimum absolute atomic E-state index is 0.0375. The molecule has 0 bridgehead atoms. The van der Waals surface area contributed by atoms with Crippen LogP contribution in [0, 0.1) is 16.0 Å². The fourth-order valence-corrected chi connectivity index (χ4v) is 4.68. The molecule has 146 valence electrons. The Morgan fingerprint density at radius 3 is 2.86 bits per heavy atom. The average Bonchev–Trinajstić information content (AvgIpc) is 3.02. The zero-order chi connectivity index (χ0) is 20.3. The number of nitro benzene ring substituents is 1. The van der Waals surface area contributed by atoms with Crippen LogP contribution in [0.3, 0.4) is 0 Å². The number of hydrogen-bond donors (Lipinski definition) is 2. The van der Waals surface area contributed by atoms with Gasteiger partial charge in [-0.1, -0.05) is 19.1 Å². The highest BCUT2D eigenvalue weighted by Gasteiger charge is 2.27. The van der Waals surface area contributed by atoms with E-state index >= 15 is 0 Å². The quantitative estimate of drug-likeness (QED) is 0.454. The number of nitrogens with one attached hydrogen (secondary N) is 2. The maximum atomic E-state index is 12.4. The third kappa shape index (κ3) is 4.28. The molecule has 3 rings (SSSR count). The number of thiophene rings is 1. The molecule has 0 saturated carbocycles. The summed E-state index contributed by atoms with van der Waals surface area (Å²) in [7, 11) is 1.58. The molecular formula is C20H21N3O4S. The Hall–Kier alpha value is -3.00. The van der Waals surface area contributed by atoms with Crippen molar-refractivity contribution >= 4 is 39.9 Å². The van der Waals surface area contributed by atoms with Crippen LogP contribution in [0.5, 0.6) is 0 Å². The van der Waals surface area contributed by atoms with Crippen LogP contribution >= 0.6 is 11.3 Å². The summed E-state index contributed by atoms with van der Waals surface area (Å²) < 4.78 is 0. The molecule has 1 aromatic heterocycles. The van der Waals surface area contributed by atoms with E-state index in [2.05, 4.69) is 17.6 Å². The van der Waals surface area contributed by atoms with E-state index in [0.29, 0.717) is 22.0 Å². The summed E-state index contributed by atoms with van der Waals surface area (Å²) >= 11 is 1.45. The molecule has 0 spiro atoms. The average molecular weight is 399 g/mol. The van der Waals surface area contributed by atoms with Crippen molar-refractivity contribution in [1.82, 2.24) is 5.32 Å². The van der Waals surface area contributed by atoms with Gasteiger partial charge in [0.1, 0.15) is 5.00 Å². The number of nitrogens with zero attached hydrogens (tertiary/aromatic N) is 1. The maximum absolute atomic E-state index is 12.4. The molecule has 2 amide bonds.